The van der Waals surface area contributed by atoms with Crippen LogP contribution in [0.2, 0.25) is 0 Å². The Kier molecular flexibility index (Phi) is 67.0. The van der Waals surface area contributed by atoms with E-state index >= 15 is 0 Å². The van der Waals surface area contributed by atoms with Gasteiger partial charge in [-0.3, -0.25) is 14.4 Å². The zero-order valence-corrected chi connectivity index (χ0v) is 53.9. The van der Waals surface area contributed by atoms with Crippen LogP contribution in [0.3, 0.4) is 0 Å². The average Bonchev–Trinajstić information content (AvgIpc) is 3.45. The second-order valence-electron chi connectivity index (χ2n) is 24.9. The van der Waals surface area contributed by atoms with Gasteiger partial charge in [0.2, 0.25) is 0 Å². The molecule has 0 rings (SSSR count). The van der Waals surface area contributed by atoms with Crippen LogP contribution in [0, 0.1) is 0 Å². The fourth-order valence-electron chi connectivity index (χ4n) is 11.3. The Bertz CT molecular complexity index is 1230. The predicted octanol–water partition coefficient (Wildman–Crippen LogP) is 24.8. The first-order valence-corrected chi connectivity index (χ1v) is 36.2. The Morgan fingerprint density at radius 2 is 0.418 bits per heavy atom. The van der Waals surface area contributed by atoms with Crippen molar-refractivity contribution >= 4 is 17.9 Å². The van der Waals surface area contributed by atoms with Crippen LogP contribution in [0.25, 0.3) is 0 Å². The number of esters is 3. The highest BCUT2D eigenvalue weighted by Gasteiger charge is 2.19. The summed E-state index contributed by atoms with van der Waals surface area (Å²) in [5, 5.41) is 0. The highest BCUT2D eigenvalue weighted by atomic mass is 16.6. The van der Waals surface area contributed by atoms with E-state index in [9.17, 15) is 14.4 Å². The van der Waals surface area contributed by atoms with E-state index in [2.05, 4.69) is 32.9 Å². The van der Waals surface area contributed by atoms with E-state index in [1.54, 1.807) is 0 Å². The number of rotatable bonds is 68. The van der Waals surface area contributed by atoms with Gasteiger partial charge in [0.25, 0.3) is 0 Å². The summed E-state index contributed by atoms with van der Waals surface area (Å²) in [5.74, 6) is -0.838. The number of hydrogen-bond acceptors (Lipinski definition) is 6. The molecule has 468 valence electrons. The second-order valence-corrected chi connectivity index (χ2v) is 24.9. The predicted molar refractivity (Wildman–Crippen MR) is 344 cm³/mol. The summed E-state index contributed by atoms with van der Waals surface area (Å²) >= 11 is 0. The quantitative estimate of drug-likeness (QED) is 0.0261. The first kappa shape index (κ1) is 77.2. The molecule has 0 aliphatic rings. The molecule has 0 radical (unpaired) electrons. The van der Waals surface area contributed by atoms with E-state index in [1.807, 2.05) is 0 Å². The molecule has 0 aliphatic heterocycles. The number of carbonyl (C=O) groups is 3. The van der Waals surface area contributed by atoms with Gasteiger partial charge in [-0.25, -0.2) is 0 Å². The zero-order valence-electron chi connectivity index (χ0n) is 53.9. The molecule has 0 heterocycles. The van der Waals surface area contributed by atoms with Gasteiger partial charge in [-0.1, -0.05) is 367 Å². The van der Waals surface area contributed by atoms with Crippen molar-refractivity contribution in [3.63, 3.8) is 0 Å². The number of unbranched alkanes of at least 4 members (excludes halogenated alkanes) is 55. The van der Waals surface area contributed by atoms with Crippen LogP contribution in [0.15, 0.2) is 12.2 Å². The van der Waals surface area contributed by atoms with E-state index in [1.165, 1.54) is 321 Å². The molecule has 1 unspecified atom stereocenters. The van der Waals surface area contributed by atoms with E-state index < -0.39 is 6.10 Å². The molecule has 0 saturated carbocycles. The minimum atomic E-state index is -0.768. The number of hydrogen-bond donors (Lipinski definition) is 0. The monoisotopic (exact) mass is 1110 g/mol. The van der Waals surface area contributed by atoms with Crippen molar-refractivity contribution in [2.75, 3.05) is 13.2 Å². The summed E-state index contributed by atoms with van der Waals surface area (Å²) < 4.78 is 17.0. The molecule has 0 fully saturated rings. The molecule has 79 heavy (non-hydrogen) atoms. The van der Waals surface area contributed by atoms with Crippen molar-refractivity contribution in [2.45, 2.75) is 425 Å². The van der Waals surface area contributed by atoms with Crippen molar-refractivity contribution in [3.05, 3.63) is 12.2 Å². The van der Waals surface area contributed by atoms with Crippen LogP contribution in [0.4, 0.5) is 0 Å². The molecule has 6 heteroatoms. The maximum Gasteiger partial charge on any atom is 0.306 e. The zero-order chi connectivity index (χ0) is 57.1. The summed E-state index contributed by atoms with van der Waals surface area (Å²) in [6.45, 7) is 6.71. The number of ether oxygens (including phenoxy) is 3. The number of allylic oxidation sites excluding steroid dienone is 2. The molecule has 0 aromatic rings. The van der Waals surface area contributed by atoms with E-state index in [4.69, 9.17) is 14.2 Å². The Morgan fingerprint density at radius 3 is 0.633 bits per heavy atom. The second kappa shape index (κ2) is 68.6. The standard InChI is InChI=1S/C73H140O6/c1-4-7-10-13-16-19-22-24-26-28-30-31-32-33-34-35-36-37-38-39-40-41-42-43-45-46-48-51-54-57-60-63-66-72(75)78-69-70(68-77-71(74)65-62-59-56-53-50-21-18-15-12-9-6-3)79-73(76)67-64-61-58-55-52-49-47-44-29-27-25-23-20-17-14-11-8-5-2/h27,29,70H,4-26,28,30-69H2,1-3H3/b29-27-. The average molecular weight is 1110 g/mol. The summed E-state index contributed by atoms with van der Waals surface area (Å²) in [6.07, 6.45) is 82.7. The van der Waals surface area contributed by atoms with Gasteiger partial charge in [-0.05, 0) is 44.9 Å². The molecule has 0 aromatic heterocycles. The lowest BCUT2D eigenvalue weighted by Crippen LogP contribution is -2.30. The Morgan fingerprint density at radius 1 is 0.241 bits per heavy atom. The first-order valence-electron chi connectivity index (χ1n) is 36.2. The molecule has 0 spiro atoms. The van der Waals surface area contributed by atoms with E-state index in [0.29, 0.717) is 19.3 Å². The van der Waals surface area contributed by atoms with Crippen molar-refractivity contribution in [2.24, 2.45) is 0 Å². The molecule has 0 N–H and O–H groups in total. The fraction of sp³-hybridized carbons (Fsp3) is 0.932. The lowest BCUT2D eigenvalue weighted by Gasteiger charge is -2.18. The third kappa shape index (κ3) is 66.8. The highest BCUT2D eigenvalue weighted by Crippen LogP contribution is 2.19. The smallest absolute Gasteiger partial charge is 0.306 e. The van der Waals surface area contributed by atoms with Crippen LogP contribution >= 0.6 is 0 Å². The van der Waals surface area contributed by atoms with Crippen molar-refractivity contribution in [1.29, 1.82) is 0 Å². The molecule has 0 aliphatic carbocycles. The molecule has 6 nitrogen and oxygen atoms in total. The summed E-state index contributed by atoms with van der Waals surface area (Å²) in [7, 11) is 0. The molecule has 0 bridgehead atoms. The largest absolute Gasteiger partial charge is 0.462 e. The van der Waals surface area contributed by atoms with Gasteiger partial charge in [-0.15, -0.1) is 0 Å². The van der Waals surface area contributed by atoms with Crippen LogP contribution < -0.4 is 0 Å². The van der Waals surface area contributed by atoms with Gasteiger partial charge in [-0.2, -0.15) is 0 Å². The third-order valence-corrected chi connectivity index (χ3v) is 16.8. The lowest BCUT2D eigenvalue weighted by atomic mass is 10.0. The van der Waals surface area contributed by atoms with Crippen LogP contribution in [0.1, 0.15) is 419 Å². The van der Waals surface area contributed by atoms with Crippen molar-refractivity contribution in [1.82, 2.24) is 0 Å². The van der Waals surface area contributed by atoms with Crippen molar-refractivity contribution in [3.8, 4) is 0 Å². The normalized spacial score (nSPS) is 12.0. The van der Waals surface area contributed by atoms with Gasteiger partial charge >= 0.3 is 17.9 Å². The maximum atomic E-state index is 12.9. The molecule has 1 atom stereocenters. The minimum Gasteiger partial charge on any atom is -0.462 e. The number of carbonyl (C=O) groups excluding carboxylic acids is 3. The topological polar surface area (TPSA) is 78.9 Å². The molecule has 0 amide bonds. The third-order valence-electron chi connectivity index (χ3n) is 16.8. The molecular weight excluding hydrogens is 973 g/mol. The summed E-state index contributed by atoms with van der Waals surface area (Å²) in [6, 6.07) is 0. The fourth-order valence-corrected chi connectivity index (χ4v) is 11.3. The van der Waals surface area contributed by atoms with Crippen molar-refractivity contribution < 1.29 is 28.6 Å². The minimum absolute atomic E-state index is 0.0652. The van der Waals surface area contributed by atoms with Gasteiger partial charge in [0.05, 0.1) is 0 Å². The van der Waals surface area contributed by atoms with Gasteiger partial charge in [0.1, 0.15) is 13.2 Å². The molecule has 0 saturated heterocycles. The van der Waals surface area contributed by atoms with Crippen LogP contribution in [-0.2, 0) is 28.6 Å². The SMILES string of the molecule is CCCCCCCCC/C=C\CCCCCCCCCC(=O)OC(COC(=O)CCCCCCCCCCCCC)COC(=O)CCCCCCCCCCCCCCCCCCCCCCCCCCCCCCCCCC. The first-order chi connectivity index (χ1) is 39.0. The Balaban J connectivity index is 4.06. The Labute approximate surface area is 494 Å². The molecule has 0 aromatic carbocycles. The Hall–Kier alpha value is -1.85. The lowest BCUT2D eigenvalue weighted by molar-refractivity contribution is -0.167. The van der Waals surface area contributed by atoms with Gasteiger partial charge < -0.3 is 14.2 Å². The summed E-state index contributed by atoms with van der Waals surface area (Å²) in [4.78, 5) is 38.3. The highest BCUT2D eigenvalue weighted by molar-refractivity contribution is 5.71. The van der Waals surface area contributed by atoms with Gasteiger partial charge in [0.15, 0.2) is 6.10 Å². The summed E-state index contributed by atoms with van der Waals surface area (Å²) in [5.41, 5.74) is 0. The van der Waals surface area contributed by atoms with Crippen LogP contribution in [-0.4, -0.2) is 37.2 Å². The van der Waals surface area contributed by atoms with E-state index in [-0.39, 0.29) is 31.1 Å². The van der Waals surface area contributed by atoms with Gasteiger partial charge in [0, 0.05) is 19.3 Å². The van der Waals surface area contributed by atoms with E-state index in [0.717, 1.165) is 57.8 Å². The van der Waals surface area contributed by atoms with Crippen LogP contribution in [0.5, 0.6) is 0 Å². The molecular formula is C73H140O6. The maximum absolute atomic E-state index is 12.9.